The van der Waals surface area contributed by atoms with Gasteiger partial charge in [0.2, 0.25) is 5.91 Å². The van der Waals surface area contributed by atoms with Crippen LogP contribution in [-0.4, -0.2) is 13.0 Å². The van der Waals surface area contributed by atoms with Crippen molar-refractivity contribution in [3.05, 3.63) is 12.7 Å². The van der Waals surface area contributed by atoms with E-state index in [0.29, 0.717) is 17.8 Å². The van der Waals surface area contributed by atoms with Crippen molar-refractivity contribution in [2.24, 2.45) is 23.7 Å². The van der Waals surface area contributed by atoms with Crippen molar-refractivity contribution in [1.29, 1.82) is 0 Å². The van der Waals surface area contributed by atoms with E-state index in [-0.39, 0.29) is 25.3 Å². The van der Waals surface area contributed by atoms with E-state index in [0.717, 1.165) is 6.42 Å². The molecule has 0 spiro atoms. The van der Waals surface area contributed by atoms with Gasteiger partial charge in [0.1, 0.15) is 0 Å². The average molecular weight is 273 g/mol. The molecule has 0 saturated heterocycles. The molecule has 1 aliphatic carbocycles. The zero-order valence-electron chi connectivity index (χ0n) is 12.6. The molecular weight excluding hydrogens is 242 g/mol. The van der Waals surface area contributed by atoms with Crippen molar-refractivity contribution in [3.63, 3.8) is 0 Å². The van der Waals surface area contributed by atoms with Gasteiger partial charge in [-0.05, 0) is 37.5 Å². The van der Waals surface area contributed by atoms with Crippen LogP contribution in [0.2, 0.25) is 0 Å². The summed E-state index contributed by atoms with van der Waals surface area (Å²) in [4.78, 5) is 11.7. The summed E-state index contributed by atoms with van der Waals surface area (Å²) >= 11 is 0. The first kappa shape index (κ1) is 19.9. The molecule has 1 fully saturated rings. The Morgan fingerprint density at radius 3 is 2.28 bits per heavy atom. The van der Waals surface area contributed by atoms with Gasteiger partial charge < -0.3 is 5.32 Å². The highest BCUT2D eigenvalue weighted by Gasteiger charge is 2.34. The van der Waals surface area contributed by atoms with Gasteiger partial charge in [0, 0.05) is 13.0 Å². The molecule has 1 amide bonds. The first-order chi connectivity index (χ1) is 7.97. The third-order valence-electron chi connectivity index (χ3n) is 3.61. The number of carbonyl (C=O) groups is 1. The lowest BCUT2D eigenvalue weighted by Crippen LogP contribution is -2.38. The number of allylic oxidation sites excluding steroid dienone is 1. The van der Waals surface area contributed by atoms with E-state index < -0.39 is 0 Å². The van der Waals surface area contributed by atoms with Crippen molar-refractivity contribution in [2.45, 2.75) is 47.0 Å². The molecule has 0 heterocycles. The first-order valence-electron chi connectivity index (χ1n) is 6.76. The zero-order chi connectivity index (χ0) is 13.4. The Kier molecular flexibility index (Phi) is 11.6. The Balaban J connectivity index is 0. The highest BCUT2D eigenvalue weighted by molar-refractivity contribution is 7.59. The molecule has 3 heteroatoms. The molecule has 1 saturated carbocycles. The zero-order valence-corrected chi connectivity index (χ0v) is 13.6. The quantitative estimate of drug-likeness (QED) is 0.763. The van der Waals surface area contributed by atoms with E-state index in [9.17, 15) is 4.79 Å². The van der Waals surface area contributed by atoms with E-state index in [1.165, 1.54) is 12.8 Å². The van der Waals surface area contributed by atoms with Crippen LogP contribution in [0.15, 0.2) is 12.7 Å². The molecule has 0 aromatic heterocycles. The largest absolute Gasteiger partial charge is 0.359 e. The van der Waals surface area contributed by atoms with Crippen molar-refractivity contribution in [3.8, 4) is 0 Å². The minimum Gasteiger partial charge on any atom is -0.359 e. The highest BCUT2D eigenvalue weighted by Crippen LogP contribution is 2.37. The van der Waals surface area contributed by atoms with Crippen LogP contribution in [-0.2, 0) is 4.79 Å². The number of rotatable bonds is 2. The lowest BCUT2D eigenvalue weighted by molar-refractivity contribution is -0.128. The summed E-state index contributed by atoms with van der Waals surface area (Å²) < 4.78 is 0. The van der Waals surface area contributed by atoms with E-state index in [1.54, 1.807) is 13.1 Å². The van der Waals surface area contributed by atoms with Gasteiger partial charge in [0.05, 0.1) is 0 Å². The van der Waals surface area contributed by atoms with Gasteiger partial charge in [-0.15, -0.1) is 6.58 Å². The molecule has 3 atom stereocenters. The highest BCUT2D eigenvalue weighted by atomic mass is 32.1. The predicted molar refractivity (Wildman–Crippen MR) is 85.2 cm³/mol. The smallest absolute Gasteiger partial charge is 0.223 e. The fraction of sp³-hybridized carbons (Fsp3) is 0.800. The maximum absolute atomic E-state index is 11.7. The van der Waals surface area contributed by atoms with Crippen LogP contribution in [0.1, 0.15) is 47.0 Å². The number of hydrogen-bond donors (Lipinski definition) is 1. The van der Waals surface area contributed by atoms with Crippen molar-refractivity contribution in [2.75, 3.05) is 7.05 Å². The SMILES string of the molecule is C=CC.CNC(=O)[C@@H]1C[C@H](C)CCC1C(C)C.S. The third-order valence-corrected chi connectivity index (χ3v) is 3.61. The Bertz CT molecular complexity index is 241. The summed E-state index contributed by atoms with van der Waals surface area (Å²) in [5, 5.41) is 2.80. The first-order valence-corrected chi connectivity index (χ1v) is 6.76. The Hall–Kier alpha value is -0.440. The molecule has 0 aromatic rings. The van der Waals surface area contributed by atoms with Crippen LogP contribution in [0, 0.1) is 23.7 Å². The Morgan fingerprint density at radius 2 is 1.89 bits per heavy atom. The number of carbonyl (C=O) groups excluding carboxylic acids is 1. The summed E-state index contributed by atoms with van der Waals surface area (Å²) in [6.07, 6.45) is 5.33. The Morgan fingerprint density at radius 1 is 1.39 bits per heavy atom. The molecule has 18 heavy (non-hydrogen) atoms. The van der Waals surface area contributed by atoms with Crippen LogP contribution < -0.4 is 5.32 Å². The molecule has 1 rings (SSSR count). The molecule has 1 aliphatic rings. The molecule has 1 unspecified atom stereocenters. The van der Waals surface area contributed by atoms with Gasteiger partial charge in [-0.2, -0.15) is 13.5 Å². The second-order valence-electron chi connectivity index (χ2n) is 5.46. The van der Waals surface area contributed by atoms with Gasteiger partial charge in [0.15, 0.2) is 0 Å². The van der Waals surface area contributed by atoms with Crippen molar-refractivity contribution < 1.29 is 4.79 Å². The van der Waals surface area contributed by atoms with Gasteiger partial charge >= 0.3 is 0 Å². The van der Waals surface area contributed by atoms with Gasteiger partial charge in [-0.3, -0.25) is 4.79 Å². The number of nitrogens with one attached hydrogen (secondary N) is 1. The second-order valence-corrected chi connectivity index (χ2v) is 5.46. The molecule has 0 aliphatic heterocycles. The minimum absolute atomic E-state index is 0. The van der Waals surface area contributed by atoms with E-state index in [1.807, 2.05) is 6.92 Å². The molecule has 0 radical (unpaired) electrons. The van der Waals surface area contributed by atoms with E-state index >= 15 is 0 Å². The van der Waals surface area contributed by atoms with Crippen LogP contribution in [0.5, 0.6) is 0 Å². The Labute approximate surface area is 120 Å². The predicted octanol–water partition coefficient (Wildman–Crippen LogP) is 3.75. The number of hydrogen-bond acceptors (Lipinski definition) is 1. The number of amides is 1. The molecule has 0 bridgehead atoms. The summed E-state index contributed by atoms with van der Waals surface area (Å²) in [5.74, 6) is 2.43. The molecule has 0 aromatic carbocycles. The average Bonchev–Trinajstić information content (AvgIpc) is 2.28. The van der Waals surface area contributed by atoms with Crippen LogP contribution in [0.3, 0.4) is 0 Å². The monoisotopic (exact) mass is 273 g/mol. The summed E-state index contributed by atoms with van der Waals surface area (Å²) in [6.45, 7) is 12.0. The normalized spacial score (nSPS) is 26.4. The van der Waals surface area contributed by atoms with Crippen LogP contribution >= 0.6 is 13.5 Å². The van der Waals surface area contributed by atoms with Crippen LogP contribution in [0.4, 0.5) is 0 Å². The standard InChI is InChI=1S/C12H23NO.C3H6.H2S/c1-8(2)10-6-5-9(3)7-11(10)12(14)13-4;1-3-2;/h8-11H,5-7H2,1-4H3,(H,13,14);3H,1H2,2H3;1H2/t9-,10?,11-;;/m1../s1. The van der Waals surface area contributed by atoms with Gasteiger partial charge in [-0.1, -0.05) is 33.3 Å². The lowest BCUT2D eigenvalue weighted by atomic mass is 9.70. The molecule has 108 valence electrons. The fourth-order valence-corrected chi connectivity index (χ4v) is 2.69. The third kappa shape index (κ3) is 6.48. The van der Waals surface area contributed by atoms with E-state index in [4.69, 9.17) is 0 Å². The van der Waals surface area contributed by atoms with E-state index in [2.05, 4.69) is 32.7 Å². The topological polar surface area (TPSA) is 29.1 Å². The second kappa shape index (κ2) is 10.5. The maximum atomic E-state index is 11.7. The van der Waals surface area contributed by atoms with Crippen molar-refractivity contribution in [1.82, 2.24) is 5.32 Å². The molecule has 1 N–H and O–H groups in total. The van der Waals surface area contributed by atoms with Gasteiger partial charge in [-0.25, -0.2) is 0 Å². The molecule has 2 nitrogen and oxygen atoms in total. The van der Waals surface area contributed by atoms with Gasteiger partial charge in [0.25, 0.3) is 0 Å². The summed E-state index contributed by atoms with van der Waals surface area (Å²) in [6, 6.07) is 0. The fourth-order valence-electron chi connectivity index (χ4n) is 2.69. The maximum Gasteiger partial charge on any atom is 0.223 e. The summed E-state index contributed by atoms with van der Waals surface area (Å²) in [5.41, 5.74) is 0. The van der Waals surface area contributed by atoms with Crippen LogP contribution in [0.25, 0.3) is 0 Å². The van der Waals surface area contributed by atoms with Crippen molar-refractivity contribution >= 4 is 19.4 Å². The molecular formula is C15H31NOS. The minimum atomic E-state index is 0. The lowest BCUT2D eigenvalue weighted by Gasteiger charge is -2.36. The summed E-state index contributed by atoms with van der Waals surface area (Å²) in [7, 11) is 1.75.